The molecule has 3 heterocycles. The van der Waals surface area contributed by atoms with Crippen LogP contribution in [0, 0.1) is 5.21 Å². The highest BCUT2D eigenvalue weighted by molar-refractivity contribution is 5.75. The molecule has 0 fully saturated rings. The largest absolute Gasteiger partial charge is 0.477 e. The van der Waals surface area contributed by atoms with Gasteiger partial charge in [0.1, 0.15) is 0 Å². The van der Waals surface area contributed by atoms with Crippen LogP contribution in [-0.4, -0.2) is 40.0 Å². The van der Waals surface area contributed by atoms with Gasteiger partial charge in [0.05, 0.1) is 14.2 Å². The number of nitrogens with zero attached hydrogens (tertiary/aromatic N) is 6. The number of hydrogen-bond acceptors (Lipinski definition) is 11. The van der Waals surface area contributed by atoms with Gasteiger partial charge in [-0.3, -0.25) is 4.63 Å². The number of ether oxygens (including phenoxy) is 2. The quantitative estimate of drug-likeness (QED) is 0.565. The number of aromatic nitrogens is 6. The lowest BCUT2D eigenvalue weighted by Crippen LogP contribution is -2.25. The standard InChI is InChI=1S/C8H6N6O6/c1-16-7-4(9-18-12-7)3-6(14(15)20-11-3)5-8(17-2)13-19-10-5/h1-2H3. The van der Waals surface area contributed by atoms with Crippen molar-refractivity contribution >= 4 is 0 Å². The van der Waals surface area contributed by atoms with Gasteiger partial charge in [-0.2, -0.15) is 0 Å². The van der Waals surface area contributed by atoms with Crippen LogP contribution in [0.5, 0.6) is 11.8 Å². The molecule has 3 aromatic heterocycles. The predicted molar refractivity (Wildman–Crippen MR) is 55.2 cm³/mol. The summed E-state index contributed by atoms with van der Waals surface area (Å²) in [5, 5.41) is 29.4. The van der Waals surface area contributed by atoms with E-state index in [1.54, 1.807) is 0 Å². The Hall–Kier alpha value is -3.18. The van der Waals surface area contributed by atoms with Gasteiger partial charge in [-0.05, 0) is 25.5 Å². The van der Waals surface area contributed by atoms with Gasteiger partial charge in [0.2, 0.25) is 11.4 Å². The lowest BCUT2D eigenvalue weighted by atomic mass is 10.2. The van der Waals surface area contributed by atoms with Crippen LogP contribution in [0.1, 0.15) is 0 Å². The molecule has 0 aliphatic carbocycles. The fourth-order valence-corrected chi connectivity index (χ4v) is 1.52. The molecule has 0 aliphatic heterocycles. The Kier molecular flexibility index (Phi) is 2.67. The molecule has 0 atom stereocenters. The average molecular weight is 282 g/mol. The van der Waals surface area contributed by atoms with E-state index in [1.165, 1.54) is 14.2 Å². The van der Waals surface area contributed by atoms with E-state index >= 15 is 0 Å². The third-order valence-corrected chi connectivity index (χ3v) is 2.37. The Balaban J connectivity index is 2.20. The predicted octanol–water partition coefficient (Wildman–Crippen LogP) is -0.575. The SMILES string of the molecule is COc1nonc1-c1no[n+]([O-])c1-c1nonc1OC. The molecule has 0 N–H and O–H groups in total. The van der Waals surface area contributed by atoms with Crippen LogP contribution < -0.4 is 14.4 Å². The fourth-order valence-electron chi connectivity index (χ4n) is 1.52. The van der Waals surface area contributed by atoms with Crippen molar-refractivity contribution in [3.05, 3.63) is 5.21 Å². The first kappa shape index (κ1) is 11.9. The van der Waals surface area contributed by atoms with Crippen LogP contribution in [0.2, 0.25) is 0 Å². The first-order valence-corrected chi connectivity index (χ1v) is 5.09. The molecular weight excluding hydrogens is 276 g/mol. The molecular formula is C8H6N6O6. The Labute approximate surface area is 109 Å². The molecule has 0 unspecified atom stereocenters. The van der Waals surface area contributed by atoms with E-state index in [1.807, 2.05) is 0 Å². The van der Waals surface area contributed by atoms with E-state index < -0.39 is 0 Å². The summed E-state index contributed by atoms with van der Waals surface area (Å²) < 4.78 is 23.4. The molecule has 0 saturated carbocycles. The first-order valence-electron chi connectivity index (χ1n) is 5.09. The second kappa shape index (κ2) is 4.49. The van der Waals surface area contributed by atoms with Crippen LogP contribution >= 0.6 is 0 Å². The minimum atomic E-state index is -0.128. The van der Waals surface area contributed by atoms with Crippen LogP contribution in [0.15, 0.2) is 13.9 Å². The van der Waals surface area contributed by atoms with E-state index in [2.05, 4.69) is 39.7 Å². The van der Waals surface area contributed by atoms with Gasteiger partial charge >= 0.3 is 0 Å². The summed E-state index contributed by atoms with van der Waals surface area (Å²) in [6.45, 7) is 0. The number of hydrogen-bond donors (Lipinski definition) is 0. The van der Waals surface area contributed by atoms with Gasteiger partial charge in [-0.15, -0.1) is 0 Å². The minimum Gasteiger partial charge on any atom is -0.477 e. The van der Waals surface area contributed by atoms with Gasteiger partial charge in [0.25, 0.3) is 23.1 Å². The third-order valence-electron chi connectivity index (χ3n) is 2.37. The summed E-state index contributed by atoms with van der Waals surface area (Å²) in [7, 11) is 2.69. The van der Waals surface area contributed by atoms with Crippen LogP contribution in [0.25, 0.3) is 22.8 Å². The summed E-state index contributed by atoms with van der Waals surface area (Å²) in [6.07, 6.45) is 0. The van der Waals surface area contributed by atoms with Crippen LogP contribution in [-0.2, 0) is 0 Å². The molecule has 0 bridgehead atoms. The lowest BCUT2D eigenvalue weighted by Gasteiger charge is -1.95. The summed E-state index contributed by atoms with van der Waals surface area (Å²) >= 11 is 0. The van der Waals surface area contributed by atoms with Gasteiger partial charge in [-0.1, -0.05) is 0 Å². The second-order valence-corrected chi connectivity index (χ2v) is 3.37. The topological polar surface area (TPSA) is 149 Å². The monoisotopic (exact) mass is 282 g/mol. The molecule has 0 spiro atoms. The van der Waals surface area contributed by atoms with Gasteiger partial charge in [0, 0.05) is 5.16 Å². The van der Waals surface area contributed by atoms with Gasteiger partial charge in [0.15, 0.2) is 0 Å². The zero-order chi connectivity index (χ0) is 14.1. The van der Waals surface area contributed by atoms with Crippen molar-refractivity contribution in [3.63, 3.8) is 0 Å². The molecule has 0 radical (unpaired) electrons. The van der Waals surface area contributed by atoms with E-state index in [4.69, 9.17) is 9.47 Å². The summed E-state index contributed by atoms with van der Waals surface area (Å²) in [5.41, 5.74) is -0.0843. The molecule has 12 heteroatoms. The van der Waals surface area contributed by atoms with Crippen molar-refractivity contribution in [2.75, 3.05) is 14.2 Å². The van der Waals surface area contributed by atoms with Crippen molar-refractivity contribution in [1.82, 2.24) is 25.8 Å². The summed E-state index contributed by atoms with van der Waals surface area (Å²) in [4.78, 5) is 0.103. The van der Waals surface area contributed by atoms with Crippen molar-refractivity contribution in [2.24, 2.45) is 0 Å². The third kappa shape index (κ3) is 1.62. The lowest BCUT2D eigenvalue weighted by molar-refractivity contribution is -0.793. The smallest absolute Gasteiger partial charge is 0.287 e. The molecule has 104 valence electrons. The molecule has 3 rings (SSSR count). The second-order valence-electron chi connectivity index (χ2n) is 3.37. The van der Waals surface area contributed by atoms with Gasteiger partial charge in [-0.25, -0.2) is 9.26 Å². The number of methoxy groups -OCH3 is 2. The fraction of sp³-hybridized carbons (Fsp3) is 0.250. The molecule has 20 heavy (non-hydrogen) atoms. The molecule has 0 aliphatic rings. The average Bonchev–Trinajstić information content (AvgIpc) is 3.15. The minimum absolute atomic E-state index is 0.00731. The highest BCUT2D eigenvalue weighted by atomic mass is 16.8. The number of rotatable bonds is 4. The maximum absolute atomic E-state index is 11.7. The van der Waals surface area contributed by atoms with E-state index in [0.717, 1.165) is 0 Å². The molecule has 0 aromatic carbocycles. The summed E-state index contributed by atoms with van der Waals surface area (Å²) in [6, 6.07) is 0. The van der Waals surface area contributed by atoms with E-state index in [0.29, 0.717) is 0 Å². The Bertz CT molecular complexity index is 731. The molecule has 0 amide bonds. The Morgan fingerprint density at radius 2 is 1.45 bits per heavy atom. The maximum atomic E-state index is 11.7. The van der Waals surface area contributed by atoms with Gasteiger partial charge < -0.3 is 14.7 Å². The molecule has 0 saturated heterocycles. The zero-order valence-corrected chi connectivity index (χ0v) is 10.1. The van der Waals surface area contributed by atoms with E-state index in [9.17, 15) is 5.21 Å². The van der Waals surface area contributed by atoms with Crippen molar-refractivity contribution in [1.29, 1.82) is 0 Å². The highest BCUT2D eigenvalue weighted by Crippen LogP contribution is 2.33. The Morgan fingerprint density at radius 1 is 0.850 bits per heavy atom. The molecule has 12 nitrogen and oxygen atoms in total. The van der Waals surface area contributed by atoms with Crippen molar-refractivity contribution in [3.8, 4) is 34.5 Å². The molecule has 3 aromatic rings. The van der Waals surface area contributed by atoms with Crippen LogP contribution in [0.3, 0.4) is 0 Å². The van der Waals surface area contributed by atoms with Crippen molar-refractivity contribution < 1.29 is 28.3 Å². The maximum Gasteiger partial charge on any atom is 0.287 e. The van der Waals surface area contributed by atoms with Crippen molar-refractivity contribution in [2.45, 2.75) is 0 Å². The first-order chi connectivity index (χ1) is 9.76. The normalized spacial score (nSPS) is 10.7. The van der Waals surface area contributed by atoms with E-state index in [-0.39, 0.29) is 39.4 Å². The van der Waals surface area contributed by atoms with Crippen LogP contribution in [0.4, 0.5) is 0 Å². The highest BCUT2D eigenvalue weighted by Gasteiger charge is 2.34. The summed E-state index contributed by atoms with van der Waals surface area (Å²) in [5.74, 6) is 0.00467. The zero-order valence-electron chi connectivity index (χ0n) is 10.1. The Morgan fingerprint density at radius 3 is 2.10 bits per heavy atom.